The third-order valence-corrected chi connectivity index (χ3v) is 7.44. The molecule has 2 fully saturated rings. The molecule has 2 aromatic carbocycles. The Morgan fingerprint density at radius 2 is 1.76 bits per heavy atom. The average molecular weight is 574 g/mol. The van der Waals surface area contributed by atoms with E-state index in [9.17, 15) is 28.7 Å². The van der Waals surface area contributed by atoms with Crippen molar-refractivity contribution in [2.75, 3.05) is 36.4 Å². The lowest BCUT2D eigenvalue weighted by Crippen LogP contribution is -2.36. The summed E-state index contributed by atoms with van der Waals surface area (Å²) >= 11 is 0. The summed E-state index contributed by atoms with van der Waals surface area (Å²) in [6.07, 6.45) is 5.32. The maximum atomic E-state index is 13.8. The monoisotopic (exact) mass is 573 g/mol. The van der Waals surface area contributed by atoms with Crippen LogP contribution in [0.2, 0.25) is 0 Å². The second kappa shape index (κ2) is 12.8. The first kappa shape index (κ1) is 28.7. The Morgan fingerprint density at radius 1 is 0.952 bits per heavy atom. The molecule has 10 nitrogen and oxygen atoms in total. The highest BCUT2D eigenvalue weighted by molar-refractivity contribution is 6.07. The van der Waals surface area contributed by atoms with Gasteiger partial charge in [0.2, 0.25) is 5.91 Å². The molecule has 3 amide bonds. The van der Waals surface area contributed by atoms with Gasteiger partial charge in [0.25, 0.3) is 11.8 Å². The minimum atomic E-state index is -1.09. The number of rotatable bonds is 9. The number of carbonyl (C=O) groups excluding carboxylic acids is 3. The second-order valence-electron chi connectivity index (χ2n) is 10.5. The minimum Gasteiger partial charge on any atom is -0.481 e. The predicted octanol–water partition coefficient (Wildman–Crippen LogP) is 3.87. The molecule has 1 aliphatic carbocycles. The van der Waals surface area contributed by atoms with Crippen LogP contribution < -0.4 is 15.5 Å². The molecule has 42 heavy (non-hydrogen) atoms. The first-order valence-electron chi connectivity index (χ1n) is 14.0. The lowest BCUT2D eigenvalue weighted by molar-refractivity contribution is -0.137. The zero-order chi connectivity index (χ0) is 29.6. The maximum absolute atomic E-state index is 13.8. The van der Waals surface area contributed by atoms with Crippen molar-refractivity contribution in [2.24, 2.45) is 5.92 Å². The predicted molar refractivity (Wildman–Crippen MR) is 154 cm³/mol. The zero-order valence-electron chi connectivity index (χ0n) is 23.0. The van der Waals surface area contributed by atoms with Crippen LogP contribution in [0, 0.1) is 11.7 Å². The van der Waals surface area contributed by atoms with Crippen molar-refractivity contribution in [3.05, 3.63) is 89.5 Å². The number of carboxylic acid groups (broad SMARTS) is 1. The van der Waals surface area contributed by atoms with Crippen LogP contribution in [0.1, 0.15) is 58.0 Å². The molecule has 1 aliphatic heterocycles. The van der Waals surface area contributed by atoms with Crippen molar-refractivity contribution in [1.82, 2.24) is 15.2 Å². The fourth-order valence-electron chi connectivity index (χ4n) is 5.10. The number of nitrogens with zero attached hydrogens (tertiary/aromatic N) is 3. The van der Waals surface area contributed by atoms with Crippen molar-refractivity contribution in [2.45, 2.75) is 31.7 Å². The molecule has 0 spiro atoms. The summed E-state index contributed by atoms with van der Waals surface area (Å²) in [6, 6.07) is 12.7. The van der Waals surface area contributed by atoms with E-state index in [0.29, 0.717) is 43.1 Å². The van der Waals surface area contributed by atoms with Gasteiger partial charge in [0.1, 0.15) is 5.82 Å². The Labute approximate surface area is 242 Å². The van der Waals surface area contributed by atoms with Crippen molar-refractivity contribution >= 4 is 35.1 Å². The maximum Gasteiger partial charge on any atom is 0.305 e. The van der Waals surface area contributed by atoms with Gasteiger partial charge < -0.3 is 25.5 Å². The summed E-state index contributed by atoms with van der Waals surface area (Å²) in [5.74, 6) is -2.40. The van der Waals surface area contributed by atoms with Gasteiger partial charge in [-0.2, -0.15) is 0 Å². The molecule has 0 radical (unpaired) electrons. The zero-order valence-corrected chi connectivity index (χ0v) is 23.0. The van der Waals surface area contributed by atoms with Gasteiger partial charge in [-0.15, -0.1) is 0 Å². The molecule has 2 heterocycles. The van der Waals surface area contributed by atoms with Gasteiger partial charge in [-0.25, -0.2) is 4.39 Å². The van der Waals surface area contributed by atoms with Gasteiger partial charge in [-0.1, -0.05) is 12.1 Å². The number of anilines is 2. The van der Waals surface area contributed by atoms with Gasteiger partial charge >= 0.3 is 5.97 Å². The fourth-order valence-corrected chi connectivity index (χ4v) is 5.10. The Bertz CT molecular complexity index is 1480. The number of amides is 3. The normalized spacial score (nSPS) is 15.8. The van der Waals surface area contributed by atoms with Crippen LogP contribution in [0.5, 0.6) is 0 Å². The highest BCUT2D eigenvalue weighted by Gasteiger charge is 2.34. The number of hydrogen-bond acceptors (Lipinski definition) is 6. The Kier molecular flexibility index (Phi) is 8.75. The average Bonchev–Trinajstić information content (AvgIpc) is 3.85. The van der Waals surface area contributed by atoms with Gasteiger partial charge in [-0.05, 0) is 67.3 Å². The molecule has 3 N–H and O–H groups in total. The summed E-state index contributed by atoms with van der Waals surface area (Å²) < 4.78 is 13.8. The van der Waals surface area contributed by atoms with Crippen LogP contribution >= 0.6 is 0 Å². The van der Waals surface area contributed by atoms with Crippen LogP contribution in [-0.2, 0) is 9.59 Å². The number of aromatic nitrogens is 1. The smallest absolute Gasteiger partial charge is 0.305 e. The number of halogens is 1. The van der Waals surface area contributed by atoms with Crippen LogP contribution in [0.4, 0.5) is 15.8 Å². The molecule has 11 heteroatoms. The molecular formula is C31H32FN5O5. The van der Waals surface area contributed by atoms with Gasteiger partial charge in [0.05, 0.1) is 23.8 Å². The molecule has 0 bridgehead atoms. The molecule has 3 aromatic rings. The standard InChI is InChI=1S/C31H32FN5O5/c32-24-6-1-4-21(16-24)29(40)35-26-17-22(30(41)34-25(18-28(38)39)23-5-2-11-33-19-23)9-10-27(26)36-12-3-13-37(15-14-36)31(42)20-7-8-20/h1-2,4-6,9-11,16-17,19-20,25H,3,7-8,12-15,18H2,(H,34,41)(H,35,40)(H,38,39). The Morgan fingerprint density at radius 3 is 2.48 bits per heavy atom. The molecule has 5 rings (SSSR count). The van der Waals surface area contributed by atoms with E-state index in [0.717, 1.165) is 25.3 Å². The van der Waals surface area contributed by atoms with E-state index in [2.05, 4.69) is 20.5 Å². The van der Waals surface area contributed by atoms with E-state index < -0.39 is 29.6 Å². The molecule has 2 aliphatic rings. The first-order chi connectivity index (χ1) is 20.3. The van der Waals surface area contributed by atoms with Gasteiger partial charge in [0.15, 0.2) is 0 Å². The van der Waals surface area contributed by atoms with Crippen molar-refractivity contribution in [3.8, 4) is 0 Å². The molecule has 218 valence electrons. The minimum absolute atomic E-state index is 0.117. The van der Waals surface area contributed by atoms with E-state index in [1.807, 2.05) is 4.90 Å². The SMILES string of the molecule is O=C(O)CC(NC(=O)c1ccc(N2CCCN(C(=O)C3CC3)CC2)c(NC(=O)c2cccc(F)c2)c1)c1cccnc1. The molecule has 1 saturated carbocycles. The molecule has 1 saturated heterocycles. The first-order valence-corrected chi connectivity index (χ1v) is 14.0. The largest absolute Gasteiger partial charge is 0.481 e. The van der Waals surface area contributed by atoms with Gasteiger partial charge in [0, 0.05) is 55.6 Å². The van der Waals surface area contributed by atoms with Crippen molar-refractivity contribution < 1.29 is 28.7 Å². The molecule has 1 atom stereocenters. The number of carboxylic acids is 1. The Balaban J connectivity index is 1.41. The highest BCUT2D eigenvalue weighted by atomic mass is 19.1. The molecule has 1 aromatic heterocycles. The molecular weight excluding hydrogens is 541 g/mol. The van der Waals surface area contributed by atoms with Gasteiger partial charge in [-0.3, -0.25) is 24.2 Å². The summed E-state index contributed by atoms with van der Waals surface area (Å²) in [5, 5.41) is 15.0. The number of hydrogen-bond donors (Lipinski definition) is 3. The summed E-state index contributed by atoms with van der Waals surface area (Å²) in [5.41, 5.74) is 1.86. The fraction of sp³-hybridized carbons (Fsp3) is 0.323. The lowest BCUT2D eigenvalue weighted by atomic mass is 10.0. The highest BCUT2D eigenvalue weighted by Crippen LogP contribution is 2.33. The van der Waals surface area contributed by atoms with E-state index in [-0.39, 0.29) is 29.4 Å². The van der Waals surface area contributed by atoms with E-state index >= 15 is 0 Å². The second-order valence-corrected chi connectivity index (χ2v) is 10.5. The third-order valence-electron chi connectivity index (χ3n) is 7.44. The van der Waals surface area contributed by atoms with E-state index in [1.165, 1.54) is 30.5 Å². The van der Waals surface area contributed by atoms with Crippen LogP contribution in [-0.4, -0.2) is 64.9 Å². The topological polar surface area (TPSA) is 132 Å². The lowest BCUT2D eigenvalue weighted by Gasteiger charge is -2.27. The third kappa shape index (κ3) is 7.09. The van der Waals surface area contributed by atoms with E-state index in [4.69, 9.17) is 0 Å². The quantitative estimate of drug-likeness (QED) is 0.354. The number of pyridine rings is 1. The number of benzene rings is 2. The van der Waals surface area contributed by atoms with Crippen LogP contribution in [0.15, 0.2) is 67.0 Å². The number of nitrogens with one attached hydrogen (secondary N) is 2. The van der Waals surface area contributed by atoms with Crippen molar-refractivity contribution in [3.63, 3.8) is 0 Å². The summed E-state index contributed by atoms with van der Waals surface area (Å²) in [7, 11) is 0. The summed E-state index contributed by atoms with van der Waals surface area (Å²) in [6.45, 7) is 2.35. The number of aliphatic carboxylic acids is 1. The number of carbonyl (C=O) groups is 4. The van der Waals surface area contributed by atoms with E-state index in [1.54, 1.807) is 30.5 Å². The van der Waals surface area contributed by atoms with Crippen LogP contribution in [0.25, 0.3) is 0 Å². The Hall–Kier alpha value is -4.80. The van der Waals surface area contributed by atoms with Crippen molar-refractivity contribution in [1.29, 1.82) is 0 Å². The van der Waals surface area contributed by atoms with Crippen LogP contribution in [0.3, 0.4) is 0 Å². The summed E-state index contributed by atoms with van der Waals surface area (Å²) in [4.78, 5) is 58.6. The molecule has 1 unspecified atom stereocenters.